The van der Waals surface area contributed by atoms with E-state index in [2.05, 4.69) is 16.2 Å². The highest BCUT2D eigenvalue weighted by molar-refractivity contribution is 7.84. The van der Waals surface area contributed by atoms with Crippen LogP contribution in [0.15, 0.2) is 77.2 Å². The number of nitrogens with one attached hydrogen (secondary N) is 3. The molecule has 0 heterocycles. The van der Waals surface area contributed by atoms with Crippen LogP contribution in [-0.4, -0.2) is 40.5 Å². The minimum atomic E-state index is -1.04. The van der Waals surface area contributed by atoms with Crippen molar-refractivity contribution in [2.45, 2.75) is 44.7 Å². The Hall–Kier alpha value is -3.92. The fraction of sp³-hybridized carbons (Fsp3) is 0.250. The van der Waals surface area contributed by atoms with E-state index in [0.717, 1.165) is 39.3 Å². The number of carbonyl (C=O) groups excluding carboxylic acids is 1. The van der Waals surface area contributed by atoms with Crippen molar-refractivity contribution in [2.24, 2.45) is 0 Å². The van der Waals surface area contributed by atoms with E-state index in [1.54, 1.807) is 24.5 Å². The van der Waals surface area contributed by atoms with E-state index >= 15 is 0 Å². The quantitative estimate of drug-likeness (QED) is 0.253. The first-order valence-electron chi connectivity index (χ1n) is 13.2. The molecule has 1 atom stereocenters. The maximum Gasteiger partial charge on any atom is 0.307 e. The number of hydrogen-bond donors (Lipinski definition) is 4. The van der Waals surface area contributed by atoms with Crippen LogP contribution in [0.3, 0.4) is 0 Å². The fourth-order valence-electron chi connectivity index (χ4n) is 4.36. The second-order valence-corrected chi connectivity index (χ2v) is 11.3. The molecule has 0 spiro atoms. The van der Waals surface area contributed by atoms with Crippen LogP contribution in [0.2, 0.25) is 0 Å². The van der Waals surface area contributed by atoms with Crippen LogP contribution in [0.1, 0.15) is 59.8 Å². The number of rotatable bonds is 9. The third kappa shape index (κ3) is 8.78. The molecule has 1 amide bonds. The van der Waals surface area contributed by atoms with E-state index in [0.29, 0.717) is 16.7 Å². The number of carboxylic acid groups (broad SMARTS) is 1. The van der Waals surface area contributed by atoms with Gasteiger partial charge < -0.3 is 10.4 Å². The van der Waals surface area contributed by atoms with Gasteiger partial charge >= 0.3 is 5.97 Å². The number of aliphatic carboxylic acids is 1. The number of benzene rings is 3. The molecule has 0 radical (unpaired) electrons. The van der Waals surface area contributed by atoms with Gasteiger partial charge in [0.2, 0.25) is 0 Å². The predicted molar refractivity (Wildman–Crippen MR) is 163 cm³/mol. The normalized spacial score (nSPS) is 14.0. The number of amides is 1. The lowest BCUT2D eigenvalue weighted by molar-refractivity contribution is -0.135. The van der Waals surface area contributed by atoms with Crippen LogP contribution >= 0.6 is 0 Å². The molecule has 0 saturated heterocycles. The van der Waals surface area contributed by atoms with Crippen molar-refractivity contribution < 1.29 is 23.3 Å². The van der Waals surface area contributed by atoms with Crippen molar-refractivity contribution in [1.29, 1.82) is 0 Å². The highest BCUT2D eigenvalue weighted by atomic mass is 32.2. The summed E-state index contributed by atoms with van der Waals surface area (Å²) in [4.78, 5) is 23.6. The zero-order chi connectivity index (χ0) is 30.1. The molecule has 3 aromatic carbocycles. The summed E-state index contributed by atoms with van der Waals surface area (Å²) in [7, 11) is 0.787. The van der Waals surface area contributed by atoms with Gasteiger partial charge in [-0.3, -0.25) is 24.6 Å². The Morgan fingerprint density at radius 2 is 1.66 bits per heavy atom. The van der Waals surface area contributed by atoms with Gasteiger partial charge in [0.15, 0.2) is 0 Å². The molecule has 0 bridgehead atoms. The first-order valence-corrected chi connectivity index (χ1v) is 14.7. The summed E-state index contributed by atoms with van der Waals surface area (Å²) in [6.07, 6.45) is 3.43. The number of allylic oxidation sites excluding steroid dienone is 2. The van der Waals surface area contributed by atoms with Gasteiger partial charge in [-0.25, -0.2) is 4.39 Å². The molecule has 1 aliphatic rings. The second-order valence-electron chi connectivity index (χ2n) is 9.87. The van der Waals surface area contributed by atoms with Gasteiger partial charge in [-0.05, 0) is 109 Å². The van der Waals surface area contributed by atoms with E-state index < -0.39 is 16.8 Å². The van der Waals surface area contributed by atoms with Gasteiger partial charge in [0.05, 0.1) is 6.42 Å². The summed E-state index contributed by atoms with van der Waals surface area (Å²) in [5.74, 6) is -1.35. The van der Waals surface area contributed by atoms with Gasteiger partial charge in [-0.1, -0.05) is 30.3 Å². The van der Waals surface area contributed by atoms with Crippen LogP contribution in [0.4, 0.5) is 4.39 Å². The van der Waals surface area contributed by atoms with E-state index in [-0.39, 0.29) is 24.2 Å². The van der Waals surface area contributed by atoms with Crippen LogP contribution in [0.25, 0.3) is 17.2 Å². The molecule has 4 N–H and O–H groups in total. The van der Waals surface area contributed by atoms with Crippen LogP contribution < -0.4 is 16.2 Å². The van der Waals surface area contributed by atoms with Gasteiger partial charge in [-0.15, -0.1) is 0 Å². The molecule has 41 heavy (non-hydrogen) atoms. The van der Waals surface area contributed by atoms with E-state index in [1.807, 2.05) is 70.3 Å². The van der Waals surface area contributed by atoms with Crippen LogP contribution in [-0.2, 0) is 22.1 Å². The summed E-state index contributed by atoms with van der Waals surface area (Å²) in [6, 6.07) is 19.5. The van der Waals surface area contributed by atoms with Gasteiger partial charge in [-0.2, -0.15) is 0 Å². The lowest BCUT2D eigenvalue weighted by Gasteiger charge is -2.09. The number of hydrogen-bond acceptors (Lipinski definition) is 5. The standard InChI is InChI=1S/C20H17FO3S.C12H19N3O/c1-12-17(9-13-3-6-15(7-4-13)25(2)24)16-8-5-14(21)10-19(16)18(12)11-20(22)23;1-9(2)15-12(16)11-6-4-10(5-7-11)8-14-13-3/h3-10H,11H2,1-2H3,(H,22,23);4-7,9,13-14H,8H2,1-3H3,(H,15,16)/b17-9-;. The highest BCUT2D eigenvalue weighted by Gasteiger charge is 2.25. The van der Waals surface area contributed by atoms with Gasteiger partial charge in [0.1, 0.15) is 5.82 Å². The predicted octanol–water partition coefficient (Wildman–Crippen LogP) is 5.41. The summed E-state index contributed by atoms with van der Waals surface area (Å²) < 4.78 is 25.1. The van der Waals surface area contributed by atoms with E-state index in [9.17, 15) is 18.2 Å². The number of carboxylic acids is 1. The van der Waals surface area contributed by atoms with E-state index in [4.69, 9.17) is 5.11 Å². The monoisotopic (exact) mass is 577 g/mol. The number of halogens is 1. The van der Waals surface area contributed by atoms with Crippen molar-refractivity contribution in [3.63, 3.8) is 0 Å². The Morgan fingerprint density at radius 1 is 1.00 bits per heavy atom. The number of carbonyl (C=O) groups is 2. The fourth-order valence-corrected chi connectivity index (χ4v) is 4.88. The Balaban J connectivity index is 0.000000250. The SMILES string of the molecule is CC1=C(CC(=O)O)c2cc(F)ccc2/C1=C\c1ccc(S(C)=O)cc1.CNNCc1ccc(C(=O)NC(C)C)cc1. The molecule has 0 saturated carbocycles. The van der Waals surface area contributed by atoms with Gasteiger partial charge in [0.25, 0.3) is 5.91 Å². The highest BCUT2D eigenvalue weighted by Crippen LogP contribution is 2.43. The smallest absolute Gasteiger partial charge is 0.307 e. The minimum Gasteiger partial charge on any atom is -0.481 e. The molecule has 216 valence electrons. The average Bonchev–Trinajstić information content (AvgIpc) is 3.17. The number of hydrazine groups is 1. The molecule has 1 aliphatic carbocycles. The largest absolute Gasteiger partial charge is 0.481 e. The maximum atomic E-state index is 13.7. The summed E-state index contributed by atoms with van der Waals surface area (Å²) in [5.41, 5.74) is 12.4. The number of fused-ring (bicyclic) bond motifs is 1. The average molecular weight is 578 g/mol. The zero-order valence-electron chi connectivity index (χ0n) is 23.9. The first-order chi connectivity index (χ1) is 19.5. The van der Waals surface area contributed by atoms with Gasteiger partial charge in [0, 0.05) is 40.1 Å². The maximum absolute atomic E-state index is 13.7. The second kappa shape index (κ2) is 14.6. The topological polar surface area (TPSA) is 108 Å². The molecule has 1 unspecified atom stereocenters. The van der Waals surface area contributed by atoms with E-state index in [1.165, 1.54) is 12.1 Å². The van der Waals surface area contributed by atoms with Crippen molar-refractivity contribution in [2.75, 3.05) is 13.3 Å². The molecule has 0 aromatic heterocycles. The summed E-state index contributed by atoms with van der Waals surface area (Å²) >= 11 is 0. The lowest BCUT2D eigenvalue weighted by atomic mass is 10.0. The molecule has 4 rings (SSSR count). The van der Waals surface area contributed by atoms with Crippen molar-refractivity contribution in [1.82, 2.24) is 16.2 Å². The molecular weight excluding hydrogens is 541 g/mol. The Kier molecular flexibility index (Phi) is 11.3. The summed E-state index contributed by atoms with van der Waals surface area (Å²) in [5, 5.41) is 12.0. The zero-order valence-corrected chi connectivity index (χ0v) is 24.7. The Morgan fingerprint density at radius 3 is 2.22 bits per heavy atom. The summed E-state index contributed by atoms with van der Waals surface area (Å²) in [6.45, 7) is 6.49. The lowest BCUT2D eigenvalue weighted by Crippen LogP contribution is -2.30. The van der Waals surface area contributed by atoms with Crippen LogP contribution in [0, 0.1) is 5.82 Å². The molecule has 3 aromatic rings. The third-order valence-electron chi connectivity index (χ3n) is 6.41. The Bertz CT molecular complexity index is 1480. The molecule has 0 aliphatic heterocycles. The van der Waals surface area contributed by atoms with Crippen molar-refractivity contribution in [3.8, 4) is 0 Å². The molecule has 9 heteroatoms. The van der Waals surface area contributed by atoms with Crippen molar-refractivity contribution in [3.05, 3.63) is 106 Å². The van der Waals surface area contributed by atoms with Crippen molar-refractivity contribution >= 4 is 39.9 Å². The third-order valence-corrected chi connectivity index (χ3v) is 7.35. The molecular formula is C32H36FN3O4S. The Labute approximate surface area is 243 Å². The molecule has 7 nitrogen and oxygen atoms in total. The molecule has 0 fully saturated rings. The minimum absolute atomic E-state index is 0.0249. The van der Waals surface area contributed by atoms with Crippen LogP contribution in [0.5, 0.6) is 0 Å². The first kappa shape index (κ1) is 31.6.